The molecule has 0 unspecified atom stereocenters. The van der Waals surface area contributed by atoms with Crippen LogP contribution in [0.25, 0.3) is 11.3 Å². The number of benzene rings is 2. The Balaban J connectivity index is 1.42. The average molecular weight is 406 g/mol. The first kappa shape index (κ1) is 18.1. The van der Waals surface area contributed by atoms with Gasteiger partial charge in [0, 0.05) is 22.2 Å². The van der Waals surface area contributed by atoms with Gasteiger partial charge in [0.25, 0.3) is 11.8 Å². The van der Waals surface area contributed by atoms with Gasteiger partial charge in [0.15, 0.2) is 5.13 Å². The molecule has 0 fully saturated rings. The van der Waals surface area contributed by atoms with Gasteiger partial charge in [-0.25, -0.2) is 4.98 Å². The van der Waals surface area contributed by atoms with Gasteiger partial charge in [0.1, 0.15) is 0 Å². The summed E-state index contributed by atoms with van der Waals surface area (Å²) >= 11 is 2.76. The highest BCUT2D eigenvalue weighted by molar-refractivity contribution is 7.14. The summed E-state index contributed by atoms with van der Waals surface area (Å²) in [5.74, 6) is -0.310. The first-order valence-electron chi connectivity index (χ1n) is 8.46. The lowest BCUT2D eigenvalue weighted by Gasteiger charge is -2.06. The van der Waals surface area contributed by atoms with Gasteiger partial charge < -0.3 is 5.32 Å². The van der Waals surface area contributed by atoms with Gasteiger partial charge in [-0.15, -0.1) is 22.7 Å². The molecule has 28 heavy (non-hydrogen) atoms. The topological polar surface area (TPSA) is 71.1 Å². The minimum absolute atomic E-state index is 0.152. The molecule has 0 aliphatic carbocycles. The van der Waals surface area contributed by atoms with Crippen LogP contribution in [0.5, 0.6) is 0 Å². The number of hydrogen-bond acceptors (Lipinski definition) is 5. The minimum atomic E-state index is -0.158. The largest absolute Gasteiger partial charge is 0.322 e. The van der Waals surface area contributed by atoms with Crippen molar-refractivity contribution in [2.75, 3.05) is 10.6 Å². The number of amides is 2. The molecule has 5 nitrogen and oxygen atoms in total. The number of hydrogen-bond donors (Lipinski definition) is 2. The van der Waals surface area contributed by atoms with E-state index >= 15 is 0 Å². The molecule has 2 aromatic heterocycles. The molecule has 0 saturated heterocycles. The second-order valence-corrected chi connectivity index (χ2v) is 7.67. The quantitative estimate of drug-likeness (QED) is 0.468. The molecule has 0 atom stereocenters. The van der Waals surface area contributed by atoms with Crippen molar-refractivity contribution in [1.82, 2.24) is 4.98 Å². The van der Waals surface area contributed by atoms with E-state index in [1.165, 1.54) is 22.7 Å². The van der Waals surface area contributed by atoms with E-state index in [1.54, 1.807) is 18.2 Å². The minimum Gasteiger partial charge on any atom is -0.322 e. The zero-order valence-electron chi connectivity index (χ0n) is 14.6. The van der Waals surface area contributed by atoms with Gasteiger partial charge in [-0.05, 0) is 35.7 Å². The number of carbonyl (C=O) groups excluding carboxylic acids is 2. The zero-order chi connectivity index (χ0) is 19.3. The van der Waals surface area contributed by atoms with Crippen molar-refractivity contribution < 1.29 is 9.59 Å². The van der Waals surface area contributed by atoms with Crippen LogP contribution in [0.15, 0.2) is 77.5 Å². The number of nitrogens with one attached hydrogen (secondary N) is 2. The predicted molar refractivity (Wildman–Crippen MR) is 114 cm³/mol. The normalized spacial score (nSPS) is 10.4. The van der Waals surface area contributed by atoms with Crippen LogP contribution in [0.4, 0.5) is 10.8 Å². The molecule has 2 N–H and O–H groups in total. The van der Waals surface area contributed by atoms with E-state index in [4.69, 9.17) is 0 Å². The van der Waals surface area contributed by atoms with Crippen molar-refractivity contribution in [3.63, 3.8) is 0 Å². The van der Waals surface area contributed by atoms with Gasteiger partial charge in [0.2, 0.25) is 0 Å². The highest BCUT2D eigenvalue weighted by Gasteiger charge is 2.11. The molecule has 138 valence electrons. The maximum absolute atomic E-state index is 12.2. The van der Waals surface area contributed by atoms with Crippen LogP contribution in [0.1, 0.15) is 20.0 Å². The molecule has 0 aliphatic rings. The molecule has 2 aromatic carbocycles. The number of thiazole rings is 1. The summed E-state index contributed by atoms with van der Waals surface area (Å²) in [6.45, 7) is 0. The van der Waals surface area contributed by atoms with Crippen molar-refractivity contribution in [2.45, 2.75) is 0 Å². The van der Waals surface area contributed by atoms with E-state index in [0.717, 1.165) is 11.3 Å². The van der Waals surface area contributed by atoms with E-state index < -0.39 is 0 Å². The molecular formula is C21H15N3O2S2. The third kappa shape index (κ3) is 4.16. The fraction of sp³-hybridized carbons (Fsp3) is 0. The van der Waals surface area contributed by atoms with Crippen LogP contribution >= 0.6 is 22.7 Å². The summed E-state index contributed by atoms with van der Waals surface area (Å²) in [6, 6.07) is 20.1. The molecule has 7 heteroatoms. The van der Waals surface area contributed by atoms with E-state index in [1.807, 2.05) is 59.3 Å². The van der Waals surface area contributed by atoms with E-state index in [2.05, 4.69) is 15.6 Å². The van der Waals surface area contributed by atoms with E-state index in [9.17, 15) is 9.59 Å². The lowest BCUT2D eigenvalue weighted by atomic mass is 10.1. The van der Waals surface area contributed by atoms with Crippen molar-refractivity contribution in [1.29, 1.82) is 0 Å². The third-order valence-electron chi connectivity index (χ3n) is 3.94. The number of thiophene rings is 1. The van der Waals surface area contributed by atoms with Crippen LogP contribution in [0.2, 0.25) is 0 Å². The van der Waals surface area contributed by atoms with Crippen LogP contribution in [-0.2, 0) is 0 Å². The Kier molecular flexibility index (Phi) is 5.27. The number of carbonyl (C=O) groups is 2. The lowest BCUT2D eigenvalue weighted by Crippen LogP contribution is -2.11. The summed E-state index contributed by atoms with van der Waals surface area (Å²) in [5, 5.41) is 9.99. The summed E-state index contributed by atoms with van der Waals surface area (Å²) in [6.07, 6.45) is 0. The molecule has 2 amide bonds. The summed E-state index contributed by atoms with van der Waals surface area (Å²) in [7, 11) is 0. The number of nitrogens with zero attached hydrogens (tertiary/aromatic N) is 1. The summed E-state index contributed by atoms with van der Waals surface area (Å²) in [4.78, 5) is 29.4. The molecule has 2 heterocycles. The number of anilines is 2. The Morgan fingerprint density at radius 1 is 0.786 bits per heavy atom. The van der Waals surface area contributed by atoms with Crippen LogP contribution in [0, 0.1) is 0 Å². The molecule has 4 rings (SSSR count). The first-order chi connectivity index (χ1) is 13.7. The fourth-order valence-electron chi connectivity index (χ4n) is 2.55. The van der Waals surface area contributed by atoms with Gasteiger partial charge in [-0.1, -0.05) is 36.4 Å². The standard InChI is InChI=1S/C21H15N3O2S2/c25-19(15-5-2-1-3-6-15)22-16-10-8-14(9-11-16)17-13-28-21(23-17)24-20(26)18-7-4-12-27-18/h1-13H,(H,22,25)(H,23,24,26). The number of aromatic nitrogens is 1. The highest BCUT2D eigenvalue weighted by atomic mass is 32.1. The predicted octanol–water partition coefficient (Wildman–Crippen LogP) is 5.38. The molecule has 0 bridgehead atoms. The molecule has 0 aliphatic heterocycles. The van der Waals surface area contributed by atoms with E-state index in [0.29, 0.717) is 21.3 Å². The zero-order valence-corrected chi connectivity index (χ0v) is 16.2. The van der Waals surface area contributed by atoms with Crippen molar-refractivity contribution >= 4 is 45.3 Å². The maximum atomic E-state index is 12.2. The van der Waals surface area contributed by atoms with E-state index in [-0.39, 0.29) is 11.8 Å². The van der Waals surface area contributed by atoms with Crippen molar-refractivity contribution in [3.8, 4) is 11.3 Å². The lowest BCUT2D eigenvalue weighted by molar-refractivity contribution is 0.102. The Labute approximate surface area is 169 Å². The molecular weight excluding hydrogens is 390 g/mol. The molecule has 0 spiro atoms. The first-order valence-corrected chi connectivity index (χ1v) is 10.2. The van der Waals surface area contributed by atoms with Crippen LogP contribution in [0.3, 0.4) is 0 Å². The summed E-state index contributed by atoms with van der Waals surface area (Å²) < 4.78 is 0. The van der Waals surface area contributed by atoms with Crippen molar-refractivity contribution in [2.24, 2.45) is 0 Å². The molecule has 0 saturated carbocycles. The molecule has 4 aromatic rings. The average Bonchev–Trinajstić information content (AvgIpc) is 3.41. The van der Waals surface area contributed by atoms with Gasteiger partial charge in [-0.2, -0.15) is 0 Å². The van der Waals surface area contributed by atoms with Crippen LogP contribution < -0.4 is 10.6 Å². The Morgan fingerprint density at radius 2 is 1.57 bits per heavy atom. The summed E-state index contributed by atoms with van der Waals surface area (Å²) in [5.41, 5.74) is 2.99. The smallest absolute Gasteiger partial charge is 0.267 e. The molecule has 0 radical (unpaired) electrons. The van der Waals surface area contributed by atoms with Gasteiger partial charge in [-0.3, -0.25) is 14.9 Å². The van der Waals surface area contributed by atoms with Gasteiger partial charge >= 0.3 is 0 Å². The maximum Gasteiger partial charge on any atom is 0.267 e. The van der Waals surface area contributed by atoms with Gasteiger partial charge in [0.05, 0.1) is 10.6 Å². The SMILES string of the molecule is O=C(Nc1ccc(-c2csc(NC(=O)c3cccs3)n2)cc1)c1ccccc1. The second-order valence-electron chi connectivity index (χ2n) is 5.87. The van der Waals surface area contributed by atoms with Crippen molar-refractivity contribution in [3.05, 3.63) is 87.9 Å². The second kappa shape index (κ2) is 8.16. The monoisotopic (exact) mass is 405 g/mol. The Morgan fingerprint density at radius 3 is 2.29 bits per heavy atom. The number of rotatable bonds is 5. The van der Waals surface area contributed by atoms with Crippen LogP contribution in [-0.4, -0.2) is 16.8 Å². The highest BCUT2D eigenvalue weighted by Crippen LogP contribution is 2.26. The third-order valence-corrected chi connectivity index (χ3v) is 5.57. The fourth-order valence-corrected chi connectivity index (χ4v) is 3.88. The Bertz CT molecular complexity index is 1090. The Hall–Kier alpha value is -3.29.